The van der Waals surface area contributed by atoms with E-state index in [9.17, 15) is 37.9 Å². The number of hydrogen-bond donors (Lipinski definition) is 2. The Balaban J connectivity index is 1.61. The number of nitriles is 1. The molecule has 2 N–H and O–H groups in total. The Hall–Kier alpha value is -4.54. The summed E-state index contributed by atoms with van der Waals surface area (Å²) in [6.45, 7) is 0. The highest BCUT2D eigenvalue weighted by Gasteiger charge is 2.49. The Kier molecular flexibility index (Phi) is 8.85. The number of aliphatic hydroxyl groups is 1. The Bertz CT molecular complexity index is 1630. The van der Waals surface area contributed by atoms with Crippen molar-refractivity contribution in [2.45, 2.75) is 62.3 Å². The molecule has 1 aliphatic carbocycles. The van der Waals surface area contributed by atoms with E-state index in [2.05, 4.69) is 15.3 Å². The number of amides is 3. The molecule has 2 heterocycles. The fraction of sp³-hybridized carbons (Fsp3) is 0.333. The highest BCUT2D eigenvalue weighted by atomic mass is 35.5. The third kappa shape index (κ3) is 6.36. The quantitative estimate of drug-likeness (QED) is 0.403. The topological polar surface area (TPSA) is 140 Å². The first-order valence-electron chi connectivity index (χ1n) is 13.7. The summed E-state index contributed by atoms with van der Waals surface area (Å²) in [7, 11) is 0. The number of rotatable bonds is 7. The van der Waals surface area contributed by atoms with Gasteiger partial charge in [-0.1, -0.05) is 35.9 Å². The van der Waals surface area contributed by atoms with Crippen LogP contribution in [-0.2, 0) is 14.4 Å². The van der Waals surface area contributed by atoms with Crippen LogP contribution in [0.5, 0.6) is 0 Å². The lowest BCUT2D eigenvalue weighted by Crippen LogP contribution is -2.53. The molecule has 228 valence electrons. The van der Waals surface area contributed by atoms with Gasteiger partial charge in [0, 0.05) is 47.8 Å². The minimum atomic E-state index is -2.85. The number of hydrogen-bond acceptors (Lipinski definition) is 7. The third-order valence-electron chi connectivity index (χ3n) is 7.63. The molecule has 10 nitrogen and oxygen atoms in total. The van der Waals surface area contributed by atoms with Crippen molar-refractivity contribution in [2.75, 3.05) is 9.80 Å². The smallest absolute Gasteiger partial charge is 0.259 e. The van der Waals surface area contributed by atoms with E-state index in [0.29, 0.717) is 0 Å². The molecule has 3 atom stereocenters. The average Bonchev–Trinajstić information content (AvgIpc) is 3.30. The van der Waals surface area contributed by atoms with Crippen molar-refractivity contribution >= 4 is 41.0 Å². The first-order valence-corrected chi connectivity index (χ1v) is 14.1. The molecule has 1 aliphatic heterocycles. The van der Waals surface area contributed by atoms with Crippen LogP contribution in [0.4, 0.5) is 24.8 Å². The molecule has 2 aliphatic rings. The summed E-state index contributed by atoms with van der Waals surface area (Å²) in [6, 6.07) is 10.4. The zero-order valence-electron chi connectivity index (χ0n) is 23.0. The van der Waals surface area contributed by atoms with E-state index in [0.717, 1.165) is 21.9 Å². The average molecular weight is 627 g/mol. The first kappa shape index (κ1) is 30.9. The van der Waals surface area contributed by atoms with Crippen LogP contribution in [0.3, 0.4) is 0 Å². The zero-order chi connectivity index (χ0) is 31.6. The number of aromatic nitrogens is 2. The van der Waals surface area contributed by atoms with Gasteiger partial charge < -0.3 is 10.4 Å². The van der Waals surface area contributed by atoms with E-state index in [4.69, 9.17) is 11.6 Å². The molecule has 0 bridgehead atoms. The van der Waals surface area contributed by atoms with E-state index in [1.807, 2.05) is 6.07 Å². The molecule has 0 unspecified atom stereocenters. The predicted molar refractivity (Wildman–Crippen MR) is 152 cm³/mol. The highest BCUT2D eigenvalue weighted by Crippen LogP contribution is 2.37. The summed E-state index contributed by atoms with van der Waals surface area (Å²) < 4.78 is 42.3. The van der Waals surface area contributed by atoms with Gasteiger partial charge in [-0.05, 0) is 43.2 Å². The lowest BCUT2D eigenvalue weighted by molar-refractivity contribution is -0.128. The second-order valence-electron chi connectivity index (χ2n) is 10.6. The Labute approximate surface area is 255 Å². The predicted octanol–water partition coefficient (Wildman–Crippen LogP) is 4.08. The maximum absolute atomic E-state index is 14.6. The van der Waals surface area contributed by atoms with Crippen molar-refractivity contribution in [3.63, 3.8) is 0 Å². The van der Waals surface area contributed by atoms with E-state index in [1.54, 1.807) is 12.1 Å². The number of aliphatic hydroxyl groups excluding tert-OH is 1. The molecule has 2 aromatic carbocycles. The Morgan fingerprint density at radius 2 is 1.89 bits per heavy atom. The minimum Gasteiger partial charge on any atom is -0.383 e. The summed E-state index contributed by atoms with van der Waals surface area (Å²) in [5.41, 5.74) is -0.0425. The van der Waals surface area contributed by atoms with Crippen molar-refractivity contribution < 1.29 is 32.7 Å². The van der Waals surface area contributed by atoms with Crippen molar-refractivity contribution in [1.29, 1.82) is 5.26 Å². The van der Waals surface area contributed by atoms with Crippen molar-refractivity contribution in [3.8, 4) is 6.07 Å². The number of nitrogens with zero attached hydrogens (tertiary/aromatic N) is 5. The maximum Gasteiger partial charge on any atom is 0.259 e. The number of carbonyl (C=O) groups is 3. The zero-order valence-corrected chi connectivity index (χ0v) is 23.8. The standard InChI is InChI=1S/C30H26ClF3N6O4/c31-22-7-2-1-6-21(22)25(26(42)37-18-8-11-30(33,34)12-9-18)39(20-5-3-4-17(32)14-20)27(43)23-15-24(41)28(44)40(23)29-36-13-10-19(16-35)38-29/h1-7,10,13-14,18,23-25,41H,8-9,11-12,15H2,(H,37,42)/t23-,24+,25-/m0/s1. The van der Waals surface area contributed by atoms with Gasteiger partial charge in [0.15, 0.2) is 0 Å². The number of benzene rings is 2. The van der Waals surface area contributed by atoms with E-state index in [-0.39, 0.29) is 40.8 Å². The molecule has 0 spiro atoms. The van der Waals surface area contributed by atoms with Crippen molar-refractivity contribution in [1.82, 2.24) is 15.3 Å². The van der Waals surface area contributed by atoms with Crippen LogP contribution in [0, 0.1) is 17.1 Å². The Morgan fingerprint density at radius 1 is 1.16 bits per heavy atom. The number of alkyl halides is 2. The van der Waals surface area contributed by atoms with Gasteiger partial charge in [0.2, 0.25) is 17.8 Å². The highest BCUT2D eigenvalue weighted by molar-refractivity contribution is 6.31. The second-order valence-corrected chi connectivity index (χ2v) is 11.0. The molecular weight excluding hydrogens is 601 g/mol. The number of halogens is 4. The molecule has 3 amide bonds. The van der Waals surface area contributed by atoms with E-state index < -0.39 is 73.0 Å². The summed E-state index contributed by atoms with van der Waals surface area (Å²) in [5, 5.41) is 22.7. The molecule has 5 rings (SSSR count). The molecule has 44 heavy (non-hydrogen) atoms. The minimum absolute atomic E-state index is 0.00837. The number of carbonyl (C=O) groups excluding carboxylic acids is 3. The molecule has 0 radical (unpaired) electrons. The fourth-order valence-corrected chi connectivity index (χ4v) is 5.70. The van der Waals surface area contributed by atoms with Crippen LogP contribution in [-0.4, -0.2) is 56.9 Å². The van der Waals surface area contributed by atoms with E-state index >= 15 is 0 Å². The first-order chi connectivity index (χ1) is 21.0. The fourth-order valence-electron chi connectivity index (χ4n) is 5.46. The van der Waals surface area contributed by atoms with Crippen LogP contribution in [0.25, 0.3) is 0 Å². The van der Waals surface area contributed by atoms with Gasteiger partial charge in [-0.3, -0.25) is 24.2 Å². The normalized spacial score (nSPS) is 20.5. The Morgan fingerprint density at radius 3 is 2.57 bits per heavy atom. The summed E-state index contributed by atoms with van der Waals surface area (Å²) >= 11 is 6.53. The van der Waals surface area contributed by atoms with Gasteiger partial charge in [0.25, 0.3) is 11.8 Å². The monoisotopic (exact) mass is 626 g/mol. The summed E-state index contributed by atoms with van der Waals surface area (Å²) in [4.78, 5) is 51.5. The summed E-state index contributed by atoms with van der Waals surface area (Å²) in [6.07, 6.45) is -1.75. The molecular formula is C30H26ClF3N6O4. The third-order valence-corrected chi connectivity index (χ3v) is 7.98. The number of anilines is 2. The largest absolute Gasteiger partial charge is 0.383 e. The van der Waals surface area contributed by atoms with Gasteiger partial charge in [-0.2, -0.15) is 5.26 Å². The number of nitrogens with one attached hydrogen (secondary N) is 1. The van der Waals surface area contributed by atoms with Crippen LogP contribution >= 0.6 is 11.6 Å². The maximum atomic E-state index is 14.6. The van der Waals surface area contributed by atoms with Gasteiger partial charge in [0.05, 0.1) is 0 Å². The van der Waals surface area contributed by atoms with Gasteiger partial charge in [-0.25, -0.2) is 23.1 Å². The molecule has 1 aromatic heterocycles. The van der Waals surface area contributed by atoms with Crippen molar-refractivity contribution in [3.05, 3.63) is 82.9 Å². The van der Waals surface area contributed by atoms with Crippen LogP contribution in [0.1, 0.15) is 49.4 Å². The molecule has 3 aromatic rings. The van der Waals surface area contributed by atoms with E-state index in [1.165, 1.54) is 36.5 Å². The van der Waals surface area contributed by atoms with Gasteiger partial charge in [-0.15, -0.1) is 0 Å². The van der Waals surface area contributed by atoms with Gasteiger partial charge in [0.1, 0.15) is 35.8 Å². The van der Waals surface area contributed by atoms with Crippen molar-refractivity contribution in [2.24, 2.45) is 0 Å². The molecule has 2 fully saturated rings. The van der Waals surface area contributed by atoms with Crippen LogP contribution < -0.4 is 15.1 Å². The lowest BCUT2D eigenvalue weighted by atomic mass is 9.91. The van der Waals surface area contributed by atoms with Gasteiger partial charge >= 0.3 is 0 Å². The molecule has 1 saturated carbocycles. The van der Waals surface area contributed by atoms with Crippen LogP contribution in [0.15, 0.2) is 60.8 Å². The second kappa shape index (κ2) is 12.6. The molecule has 1 saturated heterocycles. The lowest BCUT2D eigenvalue weighted by Gasteiger charge is -2.36. The summed E-state index contributed by atoms with van der Waals surface area (Å²) in [5.74, 6) is -6.52. The van der Waals surface area contributed by atoms with Crippen LogP contribution in [0.2, 0.25) is 5.02 Å². The molecule has 14 heteroatoms. The SMILES string of the molecule is N#Cc1ccnc(N2C(=O)[C@H](O)C[C@H]2C(=O)N(c2cccc(F)c2)[C@H](C(=O)NC2CCC(F)(F)CC2)c2ccccc2Cl)n1.